The Hall–Kier alpha value is -1.56. The lowest BCUT2D eigenvalue weighted by molar-refractivity contribution is -0.124. The van der Waals surface area contributed by atoms with E-state index in [-0.39, 0.29) is 17.9 Å². The van der Waals surface area contributed by atoms with Crippen LogP contribution in [0.15, 0.2) is 6.20 Å². The van der Waals surface area contributed by atoms with Gasteiger partial charge in [-0.2, -0.15) is 5.10 Å². The molecule has 1 aromatic heterocycles. The van der Waals surface area contributed by atoms with E-state index in [0.29, 0.717) is 29.0 Å². The zero-order valence-corrected chi connectivity index (χ0v) is 12.0. The third-order valence-electron chi connectivity index (χ3n) is 4.50. The Balaban J connectivity index is 1.70. The Bertz CT molecular complexity index is 544. The summed E-state index contributed by atoms with van der Waals surface area (Å²) < 4.78 is 0. The molecule has 1 saturated carbocycles. The third kappa shape index (κ3) is 2.28. The van der Waals surface area contributed by atoms with Crippen LogP contribution in [-0.2, 0) is 4.79 Å². The van der Waals surface area contributed by atoms with Crippen molar-refractivity contribution in [3.8, 4) is 0 Å². The van der Waals surface area contributed by atoms with E-state index in [2.05, 4.69) is 15.5 Å². The zero-order chi connectivity index (χ0) is 14.3. The number of piperidine rings is 1. The number of aromatic nitrogens is 2. The van der Waals surface area contributed by atoms with Crippen LogP contribution in [0.1, 0.15) is 29.8 Å². The molecule has 0 unspecified atom stereocenters. The molecule has 1 saturated heterocycles. The number of nitrogens with zero attached hydrogens (tertiary/aromatic N) is 2. The number of halogens is 1. The van der Waals surface area contributed by atoms with E-state index < -0.39 is 0 Å². The fraction of sp³-hybridized carbons (Fsp3) is 0.615. The second kappa shape index (κ2) is 5.09. The smallest absolute Gasteiger partial charge is 0.273 e. The van der Waals surface area contributed by atoms with Gasteiger partial charge < -0.3 is 10.2 Å². The van der Waals surface area contributed by atoms with Crippen molar-refractivity contribution in [2.24, 2.45) is 11.8 Å². The van der Waals surface area contributed by atoms with E-state index in [1.165, 1.54) is 6.20 Å². The molecule has 0 spiro atoms. The van der Waals surface area contributed by atoms with Gasteiger partial charge in [0.25, 0.3) is 5.91 Å². The Morgan fingerprint density at radius 2 is 2.20 bits per heavy atom. The van der Waals surface area contributed by atoms with E-state index in [1.54, 1.807) is 11.9 Å². The highest BCUT2D eigenvalue weighted by Crippen LogP contribution is 2.38. The minimum Gasteiger partial charge on any atom is -0.356 e. The molecule has 1 aromatic rings. The van der Waals surface area contributed by atoms with Gasteiger partial charge in [0.2, 0.25) is 5.91 Å². The first-order valence-corrected chi connectivity index (χ1v) is 7.16. The van der Waals surface area contributed by atoms with Crippen LogP contribution in [0.25, 0.3) is 0 Å². The van der Waals surface area contributed by atoms with Gasteiger partial charge in [-0.3, -0.25) is 14.7 Å². The summed E-state index contributed by atoms with van der Waals surface area (Å²) >= 11 is 5.93. The molecule has 0 radical (unpaired) electrons. The normalized spacial score (nSPS) is 28.9. The number of hydrogen-bond donors (Lipinski definition) is 2. The molecule has 6 nitrogen and oxygen atoms in total. The first kappa shape index (κ1) is 13.4. The van der Waals surface area contributed by atoms with E-state index in [1.807, 2.05) is 0 Å². The minimum atomic E-state index is -0.143. The fourth-order valence-electron chi connectivity index (χ4n) is 3.32. The van der Waals surface area contributed by atoms with Crippen molar-refractivity contribution in [1.82, 2.24) is 20.4 Å². The molecule has 3 atom stereocenters. The predicted octanol–water partition coefficient (Wildman–Crippen LogP) is 1.05. The van der Waals surface area contributed by atoms with Crippen molar-refractivity contribution >= 4 is 23.4 Å². The Morgan fingerprint density at radius 1 is 1.45 bits per heavy atom. The zero-order valence-electron chi connectivity index (χ0n) is 11.2. The van der Waals surface area contributed by atoms with Crippen LogP contribution in [0.3, 0.4) is 0 Å². The van der Waals surface area contributed by atoms with Crippen molar-refractivity contribution in [1.29, 1.82) is 0 Å². The highest BCUT2D eigenvalue weighted by Gasteiger charge is 2.41. The predicted molar refractivity (Wildman–Crippen MR) is 73.3 cm³/mol. The highest BCUT2D eigenvalue weighted by molar-refractivity contribution is 6.33. The number of carbonyl (C=O) groups is 2. The van der Waals surface area contributed by atoms with E-state index >= 15 is 0 Å². The molecule has 20 heavy (non-hydrogen) atoms. The summed E-state index contributed by atoms with van der Waals surface area (Å²) in [5, 5.41) is 9.66. The van der Waals surface area contributed by atoms with Crippen LogP contribution in [-0.4, -0.2) is 46.5 Å². The maximum absolute atomic E-state index is 12.4. The Kier molecular flexibility index (Phi) is 3.41. The first-order valence-electron chi connectivity index (χ1n) is 6.79. The van der Waals surface area contributed by atoms with Crippen molar-refractivity contribution in [2.45, 2.75) is 25.3 Å². The molecule has 0 bridgehead atoms. The maximum Gasteiger partial charge on any atom is 0.273 e. The lowest BCUT2D eigenvalue weighted by Crippen LogP contribution is -2.38. The minimum absolute atomic E-state index is 0.123. The second-order valence-electron chi connectivity index (χ2n) is 5.66. The lowest BCUT2D eigenvalue weighted by atomic mass is 9.89. The summed E-state index contributed by atoms with van der Waals surface area (Å²) in [6, 6.07) is 0.157. The molecule has 7 heteroatoms. The standard InChI is InChI=1S/C13H17ClN4O2/c1-18(13(20)12-10(14)6-16-17-12)9-2-7-4-11(19)15-5-8(7)3-9/h6-9H,2-5H2,1H3,(H,15,19)(H,16,17)/t7-,8+,9-/m1/s1. The van der Waals surface area contributed by atoms with Gasteiger partial charge in [0.05, 0.1) is 11.2 Å². The average Bonchev–Trinajstić information content (AvgIpc) is 3.02. The molecule has 1 aliphatic carbocycles. The molecule has 2 amide bonds. The number of carbonyl (C=O) groups excluding carboxylic acids is 2. The largest absolute Gasteiger partial charge is 0.356 e. The van der Waals surface area contributed by atoms with Gasteiger partial charge in [-0.25, -0.2) is 0 Å². The Morgan fingerprint density at radius 3 is 2.90 bits per heavy atom. The molecule has 2 aliphatic rings. The number of H-pyrrole nitrogens is 1. The van der Waals surface area contributed by atoms with Gasteiger partial charge in [-0.05, 0) is 24.7 Å². The van der Waals surface area contributed by atoms with Crippen molar-refractivity contribution in [3.05, 3.63) is 16.9 Å². The van der Waals surface area contributed by atoms with Crippen molar-refractivity contribution in [2.75, 3.05) is 13.6 Å². The summed E-state index contributed by atoms with van der Waals surface area (Å²) in [5.74, 6) is 0.847. The number of aromatic amines is 1. The molecular weight excluding hydrogens is 280 g/mol. The van der Waals surface area contributed by atoms with Gasteiger partial charge in [-0.1, -0.05) is 11.6 Å². The van der Waals surface area contributed by atoms with Gasteiger partial charge in [0, 0.05) is 26.1 Å². The lowest BCUT2D eigenvalue weighted by Gasteiger charge is -2.24. The first-order chi connectivity index (χ1) is 9.56. The number of nitrogens with one attached hydrogen (secondary N) is 2. The van der Waals surface area contributed by atoms with Gasteiger partial charge in [0.15, 0.2) is 0 Å². The van der Waals surface area contributed by atoms with Crippen molar-refractivity contribution < 1.29 is 9.59 Å². The summed E-state index contributed by atoms with van der Waals surface area (Å²) in [5.41, 5.74) is 0.332. The summed E-state index contributed by atoms with van der Waals surface area (Å²) in [6.45, 7) is 0.729. The monoisotopic (exact) mass is 296 g/mol. The fourth-order valence-corrected chi connectivity index (χ4v) is 3.49. The van der Waals surface area contributed by atoms with E-state index in [9.17, 15) is 9.59 Å². The molecule has 2 heterocycles. The molecule has 1 aliphatic heterocycles. The Labute approximate surface area is 121 Å². The van der Waals surface area contributed by atoms with Crippen LogP contribution in [0.2, 0.25) is 5.02 Å². The third-order valence-corrected chi connectivity index (χ3v) is 4.79. The van der Waals surface area contributed by atoms with Crippen LogP contribution in [0.5, 0.6) is 0 Å². The van der Waals surface area contributed by atoms with Gasteiger partial charge in [0.1, 0.15) is 5.69 Å². The SMILES string of the molecule is CN(C(=O)c1[nH]ncc1Cl)[C@H]1C[C@H]2CNC(=O)C[C@H]2C1. The molecule has 108 valence electrons. The van der Waals surface area contributed by atoms with Crippen LogP contribution in [0.4, 0.5) is 0 Å². The van der Waals surface area contributed by atoms with E-state index in [0.717, 1.165) is 19.4 Å². The average molecular weight is 297 g/mol. The summed E-state index contributed by atoms with van der Waals surface area (Å²) in [4.78, 5) is 25.5. The van der Waals surface area contributed by atoms with Crippen LogP contribution < -0.4 is 5.32 Å². The molecule has 3 rings (SSSR count). The summed E-state index contributed by atoms with van der Waals surface area (Å²) in [6.07, 6.45) is 3.82. The quantitative estimate of drug-likeness (QED) is 0.856. The van der Waals surface area contributed by atoms with Gasteiger partial charge in [-0.15, -0.1) is 0 Å². The van der Waals surface area contributed by atoms with E-state index in [4.69, 9.17) is 11.6 Å². The second-order valence-corrected chi connectivity index (χ2v) is 6.07. The maximum atomic E-state index is 12.4. The van der Waals surface area contributed by atoms with Crippen LogP contribution in [0, 0.1) is 11.8 Å². The molecule has 0 aromatic carbocycles. The van der Waals surface area contributed by atoms with Crippen molar-refractivity contribution in [3.63, 3.8) is 0 Å². The number of amides is 2. The highest BCUT2D eigenvalue weighted by atomic mass is 35.5. The molecular formula is C13H17ClN4O2. The number of fused-ring (bicyclic) bond motifs is 1. The number of hydrogen-bond acceptors (Lipinski definition) is 3. The summed E-state index contributed by atoms with van der Waals surface area (Å²) in [7, 11) is 1.79. The molecule has 2 N–H and O–H groups in total. The van der Waals surface area contributed by atoms with Crippen LogP contribution >= 0.6 is 11.6 Å². The van der Waals surface area contributed by atoms with Gasteiger partial charge >= 0.3 is 0 Å². The molecule has 2 fully saturated rings. The topological polar surface area (TPSA) is 78.1 Å². The number of rotatable bonds is 2.